The third-order valence-electron chi connectivity index (χ3n) is 3.14. The summed E-state index contributed by atoms with van der Waals surface area (Å²) >= 11 is 0. The molecule has 2 aromatic carbocycles. The van der Waals surface area contributed by atoms with E-state index in [-0.39, 0.29) is 18.2 Å². The summed E-state index contributed by atoms with van der Waals surface area (Å²) in [7, 11) is 0. The van der Waals surface area contributed by atoms with Gasteiger partial charge in [-0.3, -0.25) is 0 Å². The smallest absolute Gasteiger partial charge is 0.363 e. The molecule has 23 heavy (non-hydrogen) atoms. The van der Waals surface area contributed by atoms with Crippen molar-refractivity contribution in [3.8, 4) is 11.8 Å². The van der Waals surface area contributed by atoms with Crippen LogP contribution in [0.3, 0.4) is 0 Å². The van der Waals surface area contributed by atoms with Crippen LogP contribution in [0, 0.1) is 11.3 Å². The molecule has 5 heteroatoms. The molecule has 0 radical (unpaired) electrons. The van der Waals surface area contributed by atoms with Gasteiger partial charge in [0.1, 0.15) is 11.8 Å². The minimum atomic E-state index is -0.515. The molecule has 0 amide bonds. The summed E-state index contributed by atoms with van der Waals surface area (Å²) in [5.41, 5.74) is 1.59. The third kappa shape index (κ3) is 3.27. The van der Waals surface area contributed by atoms with Crippen LogP contribution in [0.25, 0.3) is 6.08 Å². The second-order valence-corrected chi connectivity index (χ2v) is 4.69. The number of carbonyl (C=O) groups excluding carboxylic acids is 1. The van der Waals surface area contributed by atoms with Gasteiger partial charge in [-0.05, 0) is 24.3 Å². The molecule has 0 aromatic heterocycles. The van der Waals surface area contributed by atoms with E-state index in [1.807, 2.05) is 42.5 Å². The number of benzene rings is 2. The van der Waals surface area contributed by atoms with Gasteiger partial charge in [0.2, 0.25) is 5.90 Å². The van der Waals surface area contributed by atoms with Crippen molar-refractivity contribution in [2.75, 3.05) is 6.61 Å². The molecule has 2 aromatic rings. The number of aliphatic imine (C=N–C) groups is 1. The summed E-state index contributed by atoms with van der Waals surface area (Å²) in [5, 5.41) is 8.62. The van der Waals surface area contributed by atoms with Gasteiger partial charge in [0, 0.05) is 11.1 Å². The number of cyclic esters (lactones) is 1. The van der Waals surface area contributed by atoms with Crippen molar-refractivity contribution in [3.05, 3.63) is 71.4 Å². The van der Waals surface area contributed by atoms with Crippen LogP contribution in [0.4, 0.5) is 0 Å². The molecule has 1 aliphatic heterocycles. The Balaban J connectivity index is 1.93. The molecular formula is C18H12N2O3. The number of hydrogen-bond acceptors (Lipinski definition) is 5. The van der Waals surface area contributed by atoms with Gasteiger partial charge < -0.3 is 9.47 Å². The van der Waals surface area contributed by atoms with E-state index in [1.165, 1.54) is 0 Å². The predicted molar refractivity (Wildman–Crippen MR) is 84.6 cm³/mol. The number of carbonyl (C=O) groups is 1. The Morgan fingerprint density at radius 1 is 1.13 bits per heavy atom. The van der Waals surface area contributed by atoms with Crippen LogP contribution >= 0.6 is 0 Å². The number of rotatable bonds is 4. The number of para-hydroxylation sites is 1. The fourth-order valence-electron chi connectivity index (χ4n) is 2.10. The van der Waals surface area contributed by atoms with Gasteiger partial charge in [-0.2, -0.15) is 5.26 Å². The van der Waals surface area contributed by atoms with E-state index >= 15 is 0 Å². The lowest BCUT2D eigenvalue weighted by Gasteiger charge is -2.05. The van der Waals surface area contributed by atoms with Crippen molar-refractivity contribution in [1.82, 2.24) is 0 Å². The van der Waals surface area contributed by atoms with Gasteiger partial charge in [-0.15, -0.1) is 0 Å². The van der Waals surface area contributed by atoms with Crippen LogP contribution in [0.5, 0.6) is 5.75 Å². The Kier molecular flexibility index (Phi) is 4.16. The zero-order chi connectivity index (χ0) is 16.1. The second-order valence-electron chi connectivity index (χ2n) is 4.69. The van der Waals surface area contributed by atoms with E-state index in [0.717, 1.165) is 5.56 Å². The van der Waals surface area contributed by atoms with Gasteiger partial charge in [0.05, 0.1) is 0 Å². The minimum absolute atomic E-state index is 0.0663. The maximum atomic E-state index is 12.0. The Morgan fingerprint density at radius 2 is 1.87 bits per heavy atom. The maximum absolute atomic E-state index is 12.0. The zero-order valence-corrected chi connectivity index (χ0v) is 12.1. The number of ether oxygens (including phenoxy) is 2. The first kappa shape index (κ1) is 14.5. The van der Waals surface area contributed by atoms with Gasteiger partial charge in [0.25, 0.3) is 0 Å². The van der Waals surface area contributed by atoms with Crippen LogP contribution in [-0.2, 0) is 9.53 Å². The quantitative estimate of drug-likeness (QED) is 0.643. The maximum Gasteiger partial charge on any atom is 0.363 e. The highest BCUT2D eigenvalue weighted by atomic mass is 16.6. The molecule has 0 bridgehead atoms. The van der Waals surface area contributed by atoms with E-state index in [4.69, 9.17) is 14.7 Å². The number of nitriles is 1. The van der Waals surface area contributed by atoms with Crippen molar-refractivity contribution >= 4 is 17.9 Å². The highest BCUT2D eigenvalue weighted by molar-refractivity contribution is 6.12. The van der Waals surface area contributed by atoms with Gasteiger partial charge >= 0.3 is 5.97 Å². The predicted octanol–water partition coefficient (Wildman–Crippen LogP) is 2.93. The molecule has 0 saturated heterocycles. The Morgan fingerprint density at radius 3 is 2.65 bits per heavy atom. The second kappa shape index (κ2) is 6.58. The van der Waals surface area contributed by atoms with Gasteiger partial charge in [-0.1, -0.05) is 36.4 Å². The molecule has 5 nitrogen and oxygen atoms in total. The fourth-order valence-corrected chi connectivity index (χ4v) is 2.10. The molecule has 0 fully saturated rings. The lowest BCUT2D eigenvalue weighted by Crippen LogP contribution is -2.05. The molecule has 0 saturated carbocycles. The van der Waals surface area contributed by atoms with Crippen molar-refractivity contribution in [2.24, 2.45) is 4.99 Å². The first-order chi connectivity index (χ1) is 11.3. The van der Waals surface area contributed by atoms with Gasteiger partial charge in [-0.25, -0.2) is 9.79 Å². The van der Waals surface area contributed by atoms with Crippen LogP contribution in [0.15, 0.2) is 65.3 Å². The third-order valence-corrected chi connectivity index (χ3v) is 3.14. The van der Waals surface area contributed by atoms with Crippen LogP contribution < -0.4 is 4.74 Å². The van der Waals surface area contributed by atoms with Gasteiger partial charge in [0.15, 0.2) is 12.3 Å². The number of nitrogens with zero attached hydrogens (tertiary/aromatic N) is 2. The molecule has 3 rings (SSSR count). The highest BCUT2D eigenvalue weighted by Crippen LogP contribution is 2.24. The fraction of sp³-hybridized carbons (Fsp3) is 0.0556. The molecule has 1 aliphatic rings. The van der Waals surface area contributed by atoms with E-state index in [1.54, 1.807) is 24.3 Å². The Hall–Kier alpha value is -3.39. The lowest BCUT2D eigenvalue weighted by atomic mass is 10.1. The normalized spacial score (nSPS) is 15.0. The molecule has 1 heterocycles. The summed E-state index contributed by atoms with van der Waals surface area (Å²) in [5.74, 6) is 0.272. The highest BCUT2D eigenvalue weighted by Gasteiger charge is 2.24. The van der Waals surface area contributed by atoms with Crippen LogP contribution in [0.2, 0.25) is 0 Å². The van der Waals surface area contributed by atoms with E-state index in [9.17, 15) is 4.79 Å². The average molecular weight is 304 g/mol. The number of esters is 1. The lowest BCUT2D eigenvalue weighted by molar-refractivity contribution is -0.129. The van der Waals surface area contributed by atoms with Crippen molar-refractivity contribution < 1.29 is 14.3 Å². The summed E-state index contributed by atoms with van der Waals surface area (Å²) in [6.07, 6.45) is 1.59. The summed E-state index contributed by atoms with van der Waals surface area (Å²) in [6.45, 7) is -0.0663. The summed E-state index contributed by atoms with van der Waals surface area (Å²) < 4.78 is 10.5. The van der Waals surface area contributed by atoms with E-state index in [0.29, 0.717) is 11.3 Å². The first-order valence-corrected chi connectivity index (χ1v) is 6.94. The van der Waals surface area contributed by atoms with Crippen LogP contribution in [0.1, 0.15) is 11.1 Å². The molecule has 0 unspecified atom stereocenters. The monoisotopic (exact) mass is 304 g/mol. The topological polar surface area (TPSA) is 71.7 Å². The van der Waals surface area contributed by atoms with E-state index < -0.39 is 5.97 Å². The average Bonchev–Trinajstić information content (AvgIpc) is 2.96. The van der Waals surface area contributed by atoms with Crippen molar-refractivity contribution in [3.63, 3.8) is 0 Å². The molecular weight excluding hydrogens is 292 g/mol. The number of hydrogen-bond donors (Lipinski definition) is 0. The molecule has 0 aliphatic carbocycles. The first-order valence-electron chi connectivity index (χ1n) is 6.94. The van der Waals surface area contributed by atoms with Crippen molar-refractivity contribution in [2.45, 2.75) is 0 Å². The minimum Gasteiger partial charge on any atom is -0.478 e. The molecule has 0 spiro atoms. The largest absolute Gasteiger partial charge is 0.478 e. The standard InChI is InChI=1S/C18H12N2O3/c19-10-11-22-16-9-5-4-8-14(16)12-15-18(21)23-17(20-15)13-6-2-1-3-7-13/h1-9,12H,11H2/b15-12+. The summed E-state index contributed by atoms with van der Waals surface area (Å²) in [6, 6.07) is 18.2. The molecule has 0 atom stereocenters. The SMILES string of the molecule is N#CCOc1ccccc1/C=C1/N=C(c2ccccc2)OC1=O. The molecule has 112 valence electrons. The Bertz CT molecular complexity index is 833. The zero-order valence-electron chi connectivity index (χ0n) is 12.1. The van der Waals surface area contributed by atoms with E-state index in [2.05, 4.69) is 4.99 Å². The molecule has 0 N–H and O–H groups in total. The Labute approximate surface area is 133 Å². The van der Waals surface area contributed by atoms with Crippen molar-refractivity contribution in [1.29, 1.82) is 5.26 Å². The van der Waals surface area contributed by atoms with Crippen LogP contribution in [-0.4, -0.2) is 18.5 Å². The summed E-state index contributed by atoms with van der Waals surface area (Å²) in [4.78, 5) is 16.2.